The van der Waals surface area contributed by atoms with Gasteiger partial charge in [0.1, 0.15) is 16.5 Å². The van der Waals surface area contributed by atoms with Crippen LogP contribution >= 0.6 is 22.9 Å². The number of carbonyl (C=O) groups is 1. The molecule has 18 heavy (non-hydrogen) atoms. The number of aromatic hydroxyl groups is 1. The van der Waals surface area contributed by atoms with E-state index in [2.05, 4.69) is 4.98 Å². The van der Waals surface area contributed by atoms with Crippen molar-refractivity contribution >= 4 is 28.8 Å². The molecule has 1 aromatic carbocycles. The van der Waals surface area contributed by atoms with Crippen molar-refractivity contribution in [3.05, 3.63) is 34.3 Å². The fraction of sp³-hybridized carbons (Fsp3) is 0.167. The number of benzene rings is 1. The minimum atomic E-state index is -0.137. The Morgan fingerprint density at radius 3 is 2.78 bits per heavy atom. The van der Waals surface area contributed by atoms with Crippen molar-refractivity contribution in [1.82, 2.24) is 9.88 Å². The Bertz CT molecular complexity index is 596. The Morgan fingerprint density at radius 2 is 2.17 bits per heavy atom. The van der Waals surface area contributed by atoms with Crippen LogP contribution in [0.4, 0.5) is 0 Å². The summed E-state index contributed by atoms with van der Waals surface area (Å²) in [6.45, 7) is 0. The molecule has 0 saturated carbocycles. The van der Waals surface area contributed by atoms with Crippen LogP contribution in [0.3, 0.4) is 0 Å². The quantitative estimate of drug-likeness (QED) is 0.921. The molecule has 1 N–H and O–H groups in total. The molecule has 2 aromatic rings. The molecular weight excluding hydrogens is 272 g/mol. The van der Waals surface area contributed by atoms with Crippen LogP contribution in [0.5, 0.6) is 5.75 Å². The summed E-state index contributed by atoms with van der Waals surface area (Å²) in [6.07, 6.45) is 0. The summed E-state index contributed by atoms with van der Waals surface area (Å²) in [7, 11) is 3.36. The average Bonchev–Trinajstić information content (AvgIpc) is 2.81. The molecule has 0 unspecified atom stereocenters. The van der Waals surface area contributed by atoms with E-state index in [1.807, 2.05) is 0 Å². The minimum absolute atomic E-state index is 0.0292. The highest BCUT2D eigenvalue weighted by atomic mass is 35.5. The van der Waals surface area contributed by atoms with Gasteiger partial charge in [0.05, 0.1) is 5.02 Å². The molecule has 0 atom stereocenters. The van der Waals surface area contributed by atoms with Gasteiger partial charge in [-0.1, -0.05) is 11.6 Å². The third-order valence-electron chi connectivity index (χ3n) is 2.32. The van der Waals surface area contributed by atoms with E-state index in [4.69, 9.17) is 11.6 Å². The first-order chi connectivity index (χ1) is 8.49. The number of nitrogens with zero attached hydrogens (tertiary/aromatic N) is 2. The van der Waals surface area contributed by atoms with Crippen LogP contribution in [-0.2, 0) is 0 Å². The number of carbonyl (C=O) groups excluding carboxylic acids is 1. The Balaban J connectivity index is 2.35. The molecule has 0 bridgehead atoms. The molecule has 0 saturated heterocycles. The van der Waals surface area contributed by atoms with Crippen LogP contribution in [-0.4, -0.2) is 35.0 Å². The van der Waals surface area contributed by atoms with Crippen LogP contribution in [0.25, 0.3) is 10.6 Å². The van der Waals surface area contributed by atoms with E-state index in [0.717, 1.165) is 5.56 Å². The third-order valence-corrected chi connectivity index (χ3v) is 3.52. The average molecular weight is 283 g/mol. The fourth-order valence-corrected chi connectivity index (χ4v) is 2.35. The monoisotopic (exact) mass is 282 g/mol. The van der Waals surface area contributed by atoms with E-state index in [9.17, 15) is 9.90 Å². The number of hydrogen-bond acceptors (Lipinski definition) is 4. The lowest BCUT2D eigenvalue weighted by atomic mass is 10.2. The Labute approximate surface area is 113 Å². The smallest absolute Gasteiger partial charge is 0.272 e. The molecule has 2 rings (SSSR count). The maximum absolute atomic E-state index is 11.7. The molecule has 1 aromatic heterocycles. The second-order valence-electron chi connectivity index (χ2n) is 3.90. The molecule has 1 heterocycles. The second-order valence-corrected chi connectivity index (χ2v) is 5.17. The SMILES string of the molecule is CN(C)C(=O)c1csc(-c2ccc(O)c(Cl)c2)n1. The van der Waals surface area contributed by atoms with Crippen LogP contribution in [0, 0.1) is 0 Å². The first kappa shape index (κ1) is 12.9. The molecule has 1 amide bonds. The van der Waals surface area contributed by atoms with Crippen molar-refractivity contribution in [2.75, 3.05) is 14.1 Å². The Hall–Kier alpha value is -1.59. The zero-order chi connectivity index (χ0) is 13.3. The lowest BCUT2D eigenvalue weighted by molar-refractivity contribution is 0.0823. The summed E-state index contributed by atoms with van der Waals surface area (Å²) >= 11 is 7.20. The van der Waals surface area contributed by atoms with Crippen molar-refractivity contribution in [1.29, 1.82) is 0 Å². The van der Waals surface area contributed by atoms with Gasteiger partial charge in [-0.05, 0) is 18.2 Å². The van der Waals surface area contributed by atoms with Crippen LogP contribution in [0.2, 0.25) is 5.02 Å². The van der Waals surface area contributed by atoms with Crippen molar-refractivity contribution in [3.8, 4) is 16.3 Å². The van der Waals surface area contributed by atoms with Crippen LogP contribution in [0.1, 0.15) is 10.5 Å². The highest BCUT2D eigenvalue weighted by Crippen LogP contribution is 2.31. The highest BCUT2D eigenvalue weighted by Gasteiger charge is 2.13. The van der Waals surface area contributed by atoms with Crippen molar-refractivity contribution in [2.45, 2.75) is 0 Å². The third kappa shape index (κ3) is 2.47. The number of hydrogen-bond donors (Lipinski definition) is 1. The van der Waals surface area contributed by atoms with Crippen molar-refractivity contribution < 1.29 is 9.90 Å². The van der Waals surface area contributed by atoms with Gasteiger partial charge in [0.15, 0.2) is 0 Å². The molecule has 0 aliphatic rings. The van der Waals surface area contributed by atoms with Gasteiger partial charge >= 0.3 is 0 Å². The largest absolute Gasteiger partial charge is 0.506 e. The molecular formula is C12H11ClN2O2S. The van der Waals surface area contributed by atoms with Gasteiger partial charge in [0.25, 0.3) is 5.91 Å². The van der Waals surface area contributed by atoms with E-state index in [-0.39, 0.29) is 16.7 Å². The highest BCUT2D eigenvalue weighted by molar-refractivity contribution is 7.13. The molecule has 0 aliphatic carbocycles. The van der Waals surface area contributed by atoms with Gasteiger partial charge in [0.2, 0.25) is 0 Å². The summed E-state index contributed by atoms with van der Waals surface area (Å²) < 4.78 is 0. The maximum atomic E-state index is 11.7. The van der Waals surface area contributed by atoms with Gasteiger partial charge in [-0.25, -0.2) is 4.98 Å². The standard InChI is InChI=1S/C12H11ClN2O2S/c1-15(2)12(17)9-6-18-11(14-9)7-3-4-10(16)8(13)5-7/h3-6,16H,1-2H3. The van der Waals surface area contributed by atoms with Gasteiger partial charge in [-0.2, -0.15) is 0 Å². The fourth-order valence-electron chi connectivity index (χ4n) is 1.37. The van der Waals surface area contributed by atoms with Gasteiger partial charge in [-0.15, -0.1) is 11.3 Å². The first-order valence-corrected chi connectivity index (χ1v) is 6.41. The number of phenolic OH excluding ortho intramolecular Hbond substituents is 1. The van der Waals surface area contributed by atoms with Crippen molar-refractivity contribution in [2.24, 2.45) is 0 Å². The number of aromatic nitrogens is 1. The molecule has 0 aliphatic heterocycles. The van der Waals surface area contributed by atoms with Gasteiger partial charge in [0, 0.05) is 25.0 Å². The number of halogens is 1. The van der Waals surface area contributed by atoms with E-state index >= 15 is 0 Å². The van der Waals surface area contributed by atoms with Gasteiger partial charge < -0.3 is 10.0 Å². The lowest BCUT2D eigenvalue weighted by Crippen LogP contribution is -2.21. The molecule has 0 radical (unpaired) electrons. The van der Waals surface area contributed by atoms with Gasteiger partial charge in [-0.3, -0.25) is 4.79 Å². The van der Waals surface area contributed by atoms with Crippen LogP contribution < -0.4 is 0 Å². The van der Waals surface area contributed by atoms with Crippen molar-refractivity contribution in [3.63, 3.8) is 0 Å². The second kappa shape index (κ2) is 4.96. The zero-order valence-corrected chi connectivity index (χ0v) is 11.4. The molecule has 6 heteroatoms. The van der Waals surface area contributed by atoms with E-state index in [0.29, 0.717) is 10.7 Å². The summed E-state index contributed by atoms with van der Waals surface area (Å²) in [5, 5.41) is 12.0. The normalized spacial score (nSPS) is 10.4. The number of phenols is 1. The molecule has 0 spiro atoms. The molecule has 94 valence electrons. The maximum Gasteiger partial charge on any atom is 0.272 e. The van der Waals surface area contributed by atoms with E-state index < -0.39 is 0 Å². The predicted molar refractivity (Wildman–Crippen MR) is 72.2 cm³/mol. The van der Waals surface area contributed by atoms with E-state index in [1.54, 1.807) is 31.6 Å². The lowest BCUT2D eigenvalue weighted by Gasteiger charge is -2.06. The summed E-state index contributed by atoms with van der Waals surface area (Å²) in [4.78, 5) is 17.4. The van der Waals surface area contributed by atoms with Crippen LogP contribution in [0.15, 0.2) is 23.6 Å². The zero-order valence-electron chi connectivity index (χ0n) is 9.85. The van der Waals surface area contributed by atoms with E-state index in [1.165, 1.54) is 22.3 Å². The first-order valence-electron chi connectivity index (χ1n) is 5.15. The molecule has 0 fully saturated rings. The minimum Gasteiger partial charge on any atom is -0.506 e. The topological polar surface area (TPSA) is 53.4 Å². The number of amides is 1. The summed E-state index contributed by atoms with van der Waals surface area (Å²) in [6, 6.07) is 4.84. The molecule has 4 nitrogen and oxygen atoms in total. The number of thiazole rings is 1. The Morgan fingerprint density at radius 1 is 1.44 bits per heavy atom. The Kier molecular flexibility index (Phi) is 3.54. The summed E-state index contributed by atoms with van der Waals surface area (Å²) in [5.41, 5.74) is 1.19. The number of rotatable bonds is 2. The summed E-state index contributed by atoms with van der Waals surface area (Å²) in [5.74, 6) is -0.107. The predicted octanol–water partition coefficient (Wildman–Crippen LogP) is 2.87.